The van der Waals surface area contributed by atoms with E-state index in [0.29, 0.717) is 38.7 Å². The minimum atomic E-state index is -0.247. The highest BCUT2D eigenvalue weighted by atomic mass is 16.6. The standard InChI is InChI=1S/C18H25N5O3/c1-22-17(19-20-21-22)9-11-25-13-16-8-5-10-23(12-16)18(24)26-14-15-6-3-2-4-7-15/h2-4,6-7,16H,5,8-14H2,1H3. The van der Waals surface area contributed by atoms with Gasteiger partial charge in [0, 0.05) is 32.5 Å². The van der Waals surface area contributed by atoms with E-state index in [0.717, 1.165) is 30.8 Å². The summed E-state index contributed by atoms with van der Waals surface area (Å²) in [5.41, 5.74) is 0.996. The molecule has 0 N–H and O–H groups in total. The summed E-state index contributed by atoms with van der Waals surface area (Å²) in [6.07, 6.45) is 2.47. The molecule has 1 aliphatic rings. The Labute approximate surface area is 153 Å². The van der Waals surface area contributed by atoms with Crippen molar-refractivity contribution in [3.63, 3.8) is 0 Å². The molecule has 0 radical (unpaired) electrons. The van der Waals surface area contributed by atoms with Crippen LogP contribution < -0.4 is 0 Å². The molecule has 1 amide bonds. The Morgan fingerprint density at radius 1 is 1.31 bits per heavy atom. The average molecular weight is 359 g/mol. The van der Waals surface area contributed by atoms with Crippen molar-refractivity contribution in [3.8, 4) is 0 Å². The first-order valence-electron chi connectivity index (χ1n) is 8.97. The maximum Gasteiger partial charge on any atom is 0.410 e. The van der Waals surface area contributed by atoms with Crippen molar-refractivity contribution >= 4 is 6.09 Å². The highest BCUT2D eigenvalue weighted by molar-refractivity contribution is 5.67. The van der Waals surface area contributed by atoms with Crippen LogP contribution in [0, 0.1) is 5.92 Å². The lowest BCUT2D eigenvalue weighted by Crippen LogP contribution is -2.41. The molecule has 1 aromatic carbocycles. The highest BCUT2D eigenvalue weighted by Crippen LogP contribution is 2.18. The molecule has 2 heterocycles. The summed E-state index contributed by atoms with van der Waals surface area (Å²) in [5, 5.41) is 11.3. The number of hydrogen-bond acceptors (Lipinski definition) is 6. The Morgan fingerprint density at radius 2 is 2.15 bits per heavy atom. The quantitative estimate of drug-likeness (QED) is 0.701. The first kappa shape index (κ1) is 18.3. The predicted molar refractivity (Wildman–Crippen MR) is 94.2 cm³/mol. The molecule has 8 nitrogen and oxygen atoms in total. The van der Waals surface area contributed by atoms with Crippen molar-refractivity contribution in [1.29, 1.82) is 0 Å². The first-order chi connectivity index (χ1) is 12.7. The number of hydrogen-bond donors (Lipinski definition) is 0. The van der Waals surface area contributed by atoms with Gasteiger partial charge in [-0.1, -0.05) is 30.3 Å². The summed E-state index contributed by atoms with van der Waals surface area (Å²) < 4.78 is 12.8. The lowest BCUT2D eigenvalue weighted by molar-refractivity contribution is 0.0465. The molecular weight excluding hydrogens is 334 g/mol. The van der Waals surface area contributed by atoms with E-state index in [2.05, 4.69) is 15.5 Å². The zero-order valence-corrected chi connectivity index (χ0v) is 15.1. The number of likely N-dealkylation sites (tertiary alicyclic amines) is 1. The molecule has 1 unspecified atom stereocenters. The summed E-state index contributed by atoms with van der Waals surface area (Å²) in [7, 11) is 1.81. The van der Waals surface area contributed by atoms with E-state index in [1.165, 1.54) is 0 Å². The molecule has 1 aliphatic heterocycles. The molecule has 0 aliphatic carbocycles. The highest BCUT2D eigenvalue weighted by Gasteiger charge is 2.24. The average Bonchev–Trinajstić information content (AvgIpc) is 3.09. The van der Waals surface area contributed by atoms with Gasteiger partial charge in [0.05, 0.1) is 13.2 Å². The summed E-state index contributed by atoms with van der Waals surface area (Å²) in [5.74, 6) is 1.14. The van der Waals surface area contributed by atoms with Gasteiger partial charge in [0.2, 0.25) is 0 Å². The number of benzene rings is 1. The Balaban J connectivity index is 1.36. The van der Waals surface area contributed by atoms with E-state index < -0.39 is 0 Å². The number of aryl methyl sites for hydroxylation is 1. The van der Waals surface area contributed by atoms with Crippen molar-refractivity contribution in [2.45, 2.75) is 25.9 Å². The van der Waals surface area contributed by atoms with Gasteiger partial charge >= 0.3 is 6.09 Å². The third-order valence-corrected chi connectivity index (χ3v) is 4.51. The third-order valence-electron chi connectivity index (χ3n) is 4.51. The molecule has 8 heteroatoms. The van der Waals surface area contributed by atoms with Gasteiger partial charge in [-0.15, -0.1) is 5.10 Å². The largest absolute Gasteiger partial charge is 0.445 e. The van der Waals surface area contributed by atoms with Crippen LogP contribution in [0.2, 0.25) is 0 Å². The minimum absolute atomic E-state index is 0.247. The van der Waals surface area contributed by atoms with E-state index in [1.54, 1.807) is 9.58 Å². The fraction of sp³-hybridized carbons (Fsp3) is 0.556. The van der Waals surface area contributed by atoms with E-state index in [4.69, 9.17) is 9.47 Å². The van der Waals surface area contributed by atoms with Gasteiger partial charge in [0.15, 0.2) is 5.82 Å². The van der Waals surface area contributed by atoms with E-state index >= 15 is 0 Å². The lowest BCUT2D eigenvalue weighted by atomic mass is 9.99. The van der Waals surface area contributed by atoms with Crippen molar-refractivity contribution in [2.24, 2.45) is 13.0 Å². The molecule has 1 saturated heterocycles. The zero-order chi connectivity index (χ0) is 18.2. The van der Waals surface area contributed by atoms with Crippen molar-refractivity contribution in [3.05, 3.63) is 41.7 Å². The van der Waals surface area contributed by atoms with E-state index in [-0.39, 0.29) is 6.09 Å². The van der Waals surface area contributed by atoms with Crippen LogP contribution in [-0.2, 0) is 29.5 Å². The molecular formula is C18H25N5O3. The van der Waals surface area contributed by atoms with E-state index in [1.807, 2.05) is 37.4 Å². The van der Waals surface area contributed by atoms with Crippen LogP contribution in [0.25, 0.3) is 0 Å². The molecule has 1 fully saturated rings. The van der Waals surface area contributed by atoms with Crippen LogP contribution in [-0.4, -0.2) is 57.5 Å². The number of aromatic nitrogens is 4. The molecule has 0 bridgehead atoms. The molecule has 26 heavy (non-hydrogen) atoms. The number of tetrazole rings is 1. The van der Waals surface area contributed by atoms with Crippen LogP contribution in [0.5, 0.6) is 0 Å². The second kappa shape index (κ2) is 9.28. The van der Waals surface area contributed by atoms with Gasteiger partial charge in [-0.3, -0.25) is 0 Å². The minimum Gasteiger partial charge on any atom is -0.445 e. The molecule has 1 aromatic heterocycles. The van der Waals surface area contributed by atoms with Crippen LogP contribution in [0.1, 0.15) is 24.2 Å². The van der Waals surface area contributed by atoms with Gasteiger partial charge in [-0.05, 0) is 28.8 Å². The monoisotopic (exact) mass is 359 g/mol. The van der Waals surface area contributed by atoms with Crippen LogP contribution in [0.15, 0.2) is 30.3 Å². The normalized spacial score (nSPS) is 17.3. The number of rotatable bonds is 7. The maximum atomic E-state index is 12.3. The maximum absolute atomic E-state index is 12.3. The smallest absolute Gasteiger partial charge is 0.410 e. The van der Waals surface area contributed by atoms with Crippen LogP contribution >= 0.6 is 0 Å². The molecule has 0 saturated carbocycles. The lowest BCUT2D eigenvalue weighted by Gasteiger charge is -2.31. The number of ether oxygens (including phenoxy) is 2. The van der Waals surface area contributed by atoms with Crippen molar-refractivity contribution < 1.29 is 14.3 Å². The van der Waals surface area contributed by atoms with Crippen LogP contribution in [0.3, 0.4) is 0 Å². The number of nitrogens with zero attached hydrogens (tertiary/aromatic N) is 5. The van der Waals surface area contributed by atoms with Crippen LogP contribution in [0.4, 0.5) is 4.79 Å². The third kappa shape index (κ3) is 5.26. The summed E-state index contributed by atoms with van der Waals surface area (Å²) in [6, 6.07) is 9.73. The van der Waals surface area contributed by atoms with Gasteiger partial charge in [-0.2, -0.15) is 0 Å². The van der Waals surface area contributed by atoms with Gasteiger partial charge < -0.3 is 14.4 Å². The molecule has 1 atom stereocenters. The predicted octanol–water partition coefficient (Wildman–Crippen LogP) is 1.82. The Bertz CT molecular complexity index is 691. The summed E-state index contributed by atoms with van der Waals surface area (Å²) in [4.78, 5) is 14.1. The van der Waals surface area contributed by atoms with Gasteiger partial charge in [-0.25, -0.2) is 9.48 Å². The molecule has 3 rings (SSSR count). The first-order valence-corrected chi connectivity index (χ1v) is 8.97. The fourth-order valence-corrected chi connectivity index (χ4v) is 3.05. The van der Waals surface area contributed by atoms with E-state index in [9.17, 15) is 4.79 Å². The number of carbonyl (C=O) groups excluding carboxylic acids is 1. The Hall–Kier alpha value is -2.48. The number of amides is 1. The zero-order valence-electron chi connectivity index (χ0n) is 15.1. The number of piperidine rings is 1. The molecule has 2 aromatic rings. The Morgan fingerprint density at radius 3 is 2.92 bits per heavy atom. The van der Waals surface area contributed by atoms with Crippen molar-refractivity contribution in [1.82, 2.24) is 25.1 Å². The van der Waals surface area contributed by atoms with Crippen molar-refractivity contribution in [2.75, 3.05) is 26.3 Å². The molecule has 140 valence electrons. The Kier molecular flexibility index (Phi) is 6.54. The van der Waals surface area contributed by atoms with Gasteiger partial charge in [0.25, 0.3) is 0 Å². The second-order valence-corrected chi connectivity index (χ2v) is 6.54. The SMILES string of the molecule is Cn1nnnc1CCOCC1CCCN(C(=O)OCc2ccccc2)C1. The number of carbonyl (C=O) groups is 1. The summed E-state index contributed by atoms with van der Waals surface area (Å²) in [6.45, 7) is 2.94. The second-order valence-electron chi connectivity index (χ2n) is 6.54. The summed E-state index contributed by atoms with van der Waals surface area (Å²) >= 11 is 0. The molecule has 0 spiro atoms. The van der Waals surface area contributed by atoms with Gasteiger partial charge in [0.1, 0.15) is 6.61 Å². The fourth-order valence-electron chi connectivity index (χ4n) is 3.05. The topological polar surface area (TPSA) is 82.4 Å².